The largest absolute Gasteiger partial charge is 0.460 e. The minimum Gasteiger partial charge on any atom is -0.460 e. The van der Waals surface area contributed by atoms with Crippen molar-refractivity contribution in [3.63, 3.8) is 0 Å². The minimum absolute atomic E-state index is 0.000255. The number of carbonyl (C=O) groups excluding carboxylic acids is 6. The fourth-order valence-corrected chi connectivity index (χ4v) is 11.1. The molecule has 15 atom stereocenters. The average molecular weight is 1050 g/mol. The SMILES string of the molecule is CO[C@H]1C[C@@H]2CC[C@@H](C)[C@@](O)(O2)C(=O)C(=O)N2CCCC[C@H]2C(=O)O[C@H]([C@H](C)C[C@H]2CC[C@@H](OC(=O)CCCCCN=[N+]=[N-])[C@H](OC)C2)CC(=O)[C@H](C)/C=C(\C)[C@@H](O)[C@@H](OC)C(=O)[C@H](C)C[C@H](C)/C=C/C=CC=C1C. The molecular weight excluding hydrogens is 965 g/mol. The van der Waals surface area contributed by atoms with Crippen LogP contribution in [0.5, 0.6) is 0 Å². The monoisotopic (exact) mass is 1050 g/mol. The van der Waals surface area contributed by atoms with Gasteiger partial charge in [-0.1, -0.05) is 82.6 Å². The third kappa shape index (κ3) is 18.3. The van der Waals surface area contributed by atoms with Gasteiger partial charge in [0.1, 0.15) is 36.2 Å². The van der Waals surface area contributed by atoms with E-state index in [1.54, 1.807) is 48.0 Å². The number of ether oxygens (including phenoxy) is 6. The Morgan fingerprint density at radius 1 is 0.893 bits per heavy atom. The van der Waals surface area contributed by atoms with Gasteiger partial charge in [0.15, 0.2) is 5.78 Å². The summed E-state index contributed by atoms with van der Waals surface area (Å²) in [6.45, 7) is 13.0. The standard InChI is InChI=1S/C57H88N4O14/c1-35-19-13-11-14-20-36(2)47(70-8)33-43-25-23-41(7)57(69,75-43)54(66)55(67)61-28-18-16-21-44(61)56(68)74-48(34-45(62)37(3)30-40(6)52(65)53(72-10)51(64)39(5)29-35)38(4)31-42-24-26-46(49(32-42)71-9)73-50(63)22-15-12-17-27-59-60-58/h11,13-14,19-20,30,35,37-39,41-44,46-49,52-53,65,69H,12,15-18,21-29,31-34H2,1-10H3/b14-11?,19-13+,36-20?,40-30+/t35-,37-,38-,39-,41-,42-,43+,44+,46-,47+,48+,49-,52-,53+,57-/m1/s1. The highest BCUT2D eigenvalue weighted by atomic mass is 16.6. The minimum atomic E-state index is -2.46. The van der Waals surface area contributed by atoms with Crippen LogP contribution >= 0.6 is 0 Å². The number of piperidine rings is 1. The third-order valence-corrected chi connectivity index (χ3v) is 15.9. The van der Waals surface area contributed by atoms with E-state index in [9.17, 15) is 39.0 Å². The predicted molar refractivity (Wildman–Crippen MR) is 281 cm³/mol. The zero-order valence-electron chi connectivity index (χ0n) is 46.4. The topological polar surface area (TPSA) is 250 Å². The van der Waals surface area contributed by atoms with E-state index in [2.05, 4.69) is 10.0 Å². The van der Waals surface area contributed by atoms with E-state index in [0.717, 1.165) is 12.0 Å². The number of allylic oxidation sites excluding steroid dienone is 6. The Morgan fingerprint density at radius 2 is 1.64 bits per heavy atom. The van der Waals surface area contributed by atoms with Gasteiger partial charge in [-0.3, -0.25) is 24.0 Å². The number of carbonyl (C=O) groups is 6. The number of amides is 1. The molecule has 0 aromatic heterocycles. The number of ketones is 3. The number of fused-ring (bicyclic) bond motifs is 3. The Kier molecular flexibility index (Phi) is 26.0. The fourth-order valence-electron chi connectivity index (χ4n) is 11.1. The van der Waals surface area contributed by atoms with Crippen molar-refractivity contribution in [3.8, 4) is 0 Å². The molecule has 18 nitrogen and oxygen atoms in total. The molecule has 3 fully saturated rings. The van der Waals surface area contributed by atoms with E-state index in [-0.39, 0.29) is 55.2 Å². The van der Waals surface area contributed by atoms with Crippen molar-refractivity contribution < 1.29 is 67.4 Å². The highest BCUT2D eigenvalue weighted by Crippen LogP contribution is 2.38. The van der Waals surface area contributed by atoms with E-state index < -0.39 is 95.9 Å². The number of hydrogen-bond donors (Lipinski definition) is 2. The lowest BCUT2D eigenvalue weighted by Crippen LogP contribution is -2.61. The smallest absolute Gasteiger partial charge is 0.329 e. The second kappa shape index (κ2) is 31.0. The van der Waals surface area contributed by atoms with Gasteiger partial charge in [0.2, 0.25) is 5.79 Å². The van der Waals surface area contributed by atoms with E-state index in [1.165, 1.54) is 12.0 Å². The average Bonchev–Trinajstić information content (AvgIpc) is 3.39. The molecule has 2 bridgehead atoms. The number of methoxy groups -OCH3 is 3. The third-order valence-electron chi connectivity index (χ3n) is 15.9. The summed E-state index contributed by atoms with van der Waals surface area (Å²) in [6.07, 6.45) is 12.9. The molecule has 18 heteroatoms. The summed E-state index contributed by atoms with van der Waals surface area (Å²) >= 11 is 0. The second-order valence-electron chi connectivity index (χ2n) is 21.8. The first-order chi connectivity index (χ1) is 35.7. The Morgan fingerprint density at radius 3 is 2.33 bits per heavy atom. The molecule has 1 aliphatic carbocycles. The molecule has 0 unspecified atom stereocenters. The van der Waals surface area contributed by atoms with E-state index in [1.807, 2.05) is 51.2 Å². The van der Waals surface area contributed by atoms with Gasteiger partial charge in [0, 0.05) is 76.3 Å². The molecule has 0 spiro atoms. The molecule has 0 aromatic rings. The first-order valence-corrected chi connectivity index (χ1v) is 27.4. The van der Waals surface area contributed by atoms with Crippen LogP contribution < -0.4 is 0 Å². The van der Waals surface area contributed by atoms with Gasteiger partial charge in [-0.25, -0.2) is 4.79 Å². The van der Waals surface area contributed by atoms with E-state index in [0.29, 0.717) is 89.2 Å². The van der Waals surface area contributed by atoms with Gasteiger partial charge in [-0.15, -0.1) is 0 Å². The molecule has 1 amide bonds. The molecular formula is C57H88N4O14. The van der Waals surface area contributed by atoms with Crippen molar-refractivity contribution in [2.45, 2.75) is 206 Å². The maximum Gasteiger partial charge on any atom is 0.329 e. The molecule has 4 rings (SSSR count). The second-order valence-corrected chi connectivity index (χ2v) is 21.8. The summed E-state index contributed by atoms with van der Waals surface area (Å²) in [4.78, 5) is 88.1. The molecule has 0 radical (unpaired) electrons. The number of aliphatic hydroxyl groups excluding tert-OH is 1. The van der Waals surface area contributed by atoms with Gasteiger partial charge < -0.3 is 43.5 Å². The van der Waals surface area contributed by atoms with Gasteiger partial charge in [-0.2, -0.15) is 0 Å². The highest BCUT2D eigenvalue weighted by molar-refractivity contribution is 6.39. The Hall–Kier alpha value is -4.55. The van der Waals surface area contributed by atoms with Crippen LogP contribution in [0.4, 0.5) is 0 Å². The number of unbranched alkanes of at least 4 members (excludes halogenated alkanes) is 2. The van der Waals surface area contributed by atoms with Crippen LogP contribution in [-0.4, -0.2) is 139 Å². The first-order valence-electron chi connectivity index (χ1n) is 27.4. The van der Waals surface area contributed by atoms with E-state index in [4.69, 9.17) is 34.0 Å². The molecule has 4 aliphatic rings. The number of esters is 2. The van der Waals surface area contributed by atoms with Crippen molar-refractivity contribution in [3.05, 3.63) is 58.0 Å². The van der Waals surface area contributed by atoms with Crippen LogP contribution in [0.25, 0.3) is 10.4 Å². The molecule has 1 saturated carbocycles. The molecule has 3 heterocycles. The Labute approximate surface area is 445 Å². The summed E-state index contributed by atoms with van der Waals surface area (Å²) in [5.41, 5.74) is 9.73. The van der Waals surface area contributed by atoms with Crippen molar-refractivity contribution in [1.29, 1.82) is 0 Å². The molecule has 3 aliphatic heterocycles. The van der Waals surface area contributed by atoms with Crippen LogP contribution in [0.2, 0.25) is 0 Å². The van der Waals surface area contributed by atoms with Crippen molar-refractivity contribution >= 4 is 35.2 Å². The maximum atomic E-state index is 14.6. The van der Waals surface area contributed by atoms with E-state index >= 15 is 0 Å². The number of hydrogen-bond acceptors (Lipinski definition) is 15. The van der Waals surface area contributed by atoms with Gasteiger partial charge in [0.05, 0.1) is 18.3 Å². The zero-order chi connectivity index (χ0) is 55.4. The number of aliphatic hydroxyl groups is 2. The molecule has 2 N–H and O–H groups in total. The zero-order valence-corrected chi connectivity index (χ0v) is 46.4. The van der Waals surface area contributed by atoms with Crippen LogP contribution in [0, 0.1) is 35.5 Å². The van der Waals surface area contributed by atoms with Crippen LogP contribution in [0.3, 0.4) is 0 Å². The molecule has 2 saturated heterocycles. The number of Topliss-reactive ketones (excluding diaryl/α,β-unsaturated/α-hetero) is 3. The number of cyclic esters (lactones) is 1. The van der Waals surface area contributed by atoms with Crippen molar-refractivity contribution in [2.75, 3.05) is 34.4 Å². The molecule has 0 aromatic carbocycles. The lowest BCUT2D eigenvalue weighted by Gasteiger charge is -2.42. The van der Waals surface area contributed by atoms with Gasteiger partial charge >= 0.3 is 11.9 Å². The number of azide groups is 1. The highest BCUT2D eigenvalue weighted by Gasteiger charge is 2.53. The lowest BCUT2D eigenvalue weighted by atomic mass is 9.78. The first kappa shape index (κ1) is 63.0. The number of nitrogens with zero attached hydrogens (tertiary/aromatic N) is 4. The van der Waals surface area contributed by atoms with Crippen LogP contribution in [0.1, 0.15) is 151 Å². The van der Waals surface area contributed by atoms with Gasteiger partial charge in [0.25, 0.3) is 11.7 Å². The Bertz CT molecular complexity index is 2100. The molecule has 420 valence electrons. The van der Waals surface area contributed by atoms with Crippen molar-refractivity contribution in [2.24, 2.45) is 40.6 Å². The predicted octanol–water partition coefficient (Wildman–Crippen LogP) is 8.60. The Balaban J connectivity index is 1.65. The maximum absolute atomic E-state index is 14.6. The van der Waals surface area contributed by atoms with Crippen LogP contribution in [-0.2, 0) is 57.2 Å². The summed E-state index contributed by atoms with van der Waals surface area (Å²) in [5, 5.41) is 27.1. The van der Waals surface area contributed by atoms with Gasteiger partial charge in [-0.05, 0) is 125 Å². The summed E-state index contributed by atoms with van der Waals surface area (Å²) in [5.74, 6) is -8.68. The fraction of sp³-hybridized carbons (Fsp3) is 0.754. The summed E-state index contributed by atoms with van der Waals surface area (Å²) in [7, 11) is 4.51. The quantitative estimate of drug-likeness (QED) is 0.0333. The summed E-state index contributed by atoms with van der Waals surface area (Å²) < 4.78 is 35.7. The van der Waals surface area contributed by atoms with Crippen molar-refractivity contribution in [1.82, 2.24) is 4.90 Å². The number of rotatable bonds is 13. The summed E-state index contributed by atoms with van der Waals surface area (Å²) in [6, 6.07) is -1.18. The normalized spacial score (nSPS) is 35.2. The lowest BCUT2D eigenvalue weighted by molar-refractivity contribution is -0.265. The molecule has 75 heavy (non-hydrogen) atoms. The van der Waals surface area contributed by atoms with Crippen LogP contribution in [0.15, 0.2) is 52.7 Å².